The Balaban J connectivity index is 0.931. The molecule has 0 N–H and O–H groups in total. The lowest BCUT2D eigenvalue weighted by atomic mass is 9.97. The molecule has 2 aromatic heterocycles. The molecule has 11 aromatic carbocycles. The monoisotopic (exact) mass is 853 g/mol. The van der Waals surface area contributed by atoms with E-state index in [2.05, 4.69) is 275 Å². The second kappa shape index (κ2) is 16.0. The summed E-state index contributed by atoms with van der Waals surface area (Å²) >= 11 is 0. The number of rotatable bonds is 8. The summed E-state index contributed by atoms with van der Waals surface area (Å²) in [5, 5.41) is 7.50. The van der Waals surface area contributed by atoms with Gasteiger partial charge in [0, 0.05) is 50.0 Å². The second-order valence-electron chi connectivity index (χ2n) is 17.3. The number of fused-ring (bicyclic) bond motifs is 7. The molecule has 2 heterocycles. The van der Waals surface area contributed by atoms with Crippen molar-refractivity contribution in [1.82, 2.24) is 9.13 Å². The Morgan fingerprint density at radius 2 is 0.582 bits per heavy atom. The molecule has 0 saturated carbocycles. The number of hydrogen-bond acceptors (Lipinski definition) is 1. The molecule has 0 saturated heterocycles. The third-order valence-corrected chi connectivity index (χ3v) is 13.5. The van der Waals surface area contributed by atoms with Crippen LogP contribution in [0.3, 0.4) is 0 Å². The van der Waals surface area contributed by atoms with E-state index in [0.717, 1.165) is 28.4 Å². The van der Waals surface area contributed by atoms with Crippen molar-refractivity contribution in [3.8, 4) is 44.8 Å². The summed E-state index contributed by atoms with van der Waals surface area (Å²) in [6.07, 6.45) is 0. The minimum atomic E-state index is 1.08. The van der Waals surface area contributed by atoms with Crippen molar-refractivity contribution in [2.45, 2.75) is 0 Å². The third-order valence-electron chi connectivity index (χ3n) is 13.5. The molecular formula is C64H43N3. The summed E-state index contributed by atoms with van der Waals surface area (Å²) in [6.45, 7) is 0. The van der Waals surface area contributed by atoms with Crippen LogP contribution in [0.4, 0.5) is 17.1 Å². The van der Waals surface area contributed by atoms with Crippen LogP contribution in [0.2, 0.25) is 0 Å². The minimum Gasteiger partial charge on any atom is -0.311 e. The molecule has 0 aliphatic rings. The fourth-order valence-electron chi connectivity index (χ4n) is 10.5. The Hall–Kier alpha value is -8.92. The zero-order valence-electron chi connectivity index (χ0n) is 36.7. The van der Waals surface area contributed by atoms with Crippen molar-refractivity contribution >= 4 is 71.4 Å². The maximum atomic E-state index is 2.39. The van der Waals surface area contributed by atoms with Gasteiger partial charge in [-0.1, -0.05) is 176 Å². The van der Waals surface area contributed by atoms with Crippen molar-refractivity contribution < 1.29 is 0 Å². The summed E-state index contributed by atoms with van der Waals surface area (Å²) in [4.78, 5) is 2.38. The highest BCUT2D eigenvalue weighted by Gasteiger charge is 2.20. The van der Waals surface area contributed by atoms with Gasteiger partial charge in [-0.15, -0.1) is 0 Å². The molecule has 3 nitrogen and oxygen atoms in total. The predicted octanol–water partition coefficient (Wildman–Crippen LogP) is 17.5. The summed E-state index contributed by atoms with van der Waals surface area (Å²) in [5.41, 5.74) is 17.6. The molecule has 3 heteroatoms. The number of hydrogen-bond donors (Lipinski definition) is 0. The van der Waals surface area contributed by atoms with E-state index in [0.29, 0.717) is 0 Å². The molecule has 0 fully saturated rings. The number of nitrogens with zero attached hydrogens (tertiary/aromatic N) is 3. The summed E-state index contributed by atoms with van der Waals surface area (Å²) in [6, 6.07) is 94.8. The van der Waals surface area contributed by atoms with E-state index in [1.807, 2.05) is 0 Å². The molecule has 67 heavy (non-hydrogen) atoms. The van der Waals surface area contributed by atoms with Crippen molar-refractivity contribution in [3.63, 3.8) is 0 Å². The van der Waals surface area contributed by atoms with Crippen LogP contribution in [0.25, 0.3) is 99.1 Å². The van der Waals surface area contributed by atoms with Crippen LogP contribution >= 0.6 is 0 Å². The number of benzene rings is 11. The number of para-hydroxylation sites is 4. The average molecular weight is 854 g/mol. The van der Waals surface area contributed by atoms with Crippen LogP contribution < -0.4 is 4.90 Å². The molecule has 0 atom stereocenters. The Morgan fingerprint density at radius 1 is 0.239 bits per heavy atom. The molecular weight excluding hydrogens is 811 g/mol. The predicted molar refractivity (Wildman–Crippen MR) is 284 cm³/mol. The van der Waals surface area contributed by atoms with E-state index >= 15 is 0 Å². The van der Waals surface area contributed by atoms with Gasteiger partial charge in [0.25, 0.3) is 0 Å². The van der Waals surface area contributed by atoms with Crippen LogP contribution in [-0.2, 0) is 0 Å². The molecule has 0 bridgehead atoms. The quantitative estimate of drug-likeness (QED) is 0.148. The van der Waals surface area contributed by atoms with Crippen molar-refractivity contribution in [2.24, 2.45) is 0 Å². The van der Waals surface area contributed by atoms with Crippen LogP contribution in [0.5, 0.6) is 0 Å². The van der Waals surface area contributed by atoms with Gasteiger partial charge < -0.3 is 14.0 Å². The van der Waals surface area contributed by atoms with Crippen LogP contribution in [-0.4, -0.2) is 9.13 Å². The highest BCUT2D eigenvalue weighted by atomic mass is 15.1. The van der Waals surface area contributed by atoms with E-state index in [1.54, 1.807) is 0 Å². The minimum absolute atomic E-state index is 1.08. The van der Waals surface area contributed by atoms with Gasteiger partial charge in [-0.3, -0.25) is 0 Å². The lowest BCUT2D eigenvalue weighted by Crippen LogP contribution is -2.09. The van der Waals surface area contributed by atoms with Gasteiger partial charge in [-0.25, -0.2) is 0 Å². The Labute approximate surface area is 389 Å². The highest BCUT2D eigenvalue weighted by Crippen LogP contribution is 2.43. The SMILES string of the molecule is c1ccc(-n2c3ccccc3c3c(-c4ccc(N(c5ccc(-c6cccc7ccccc67)cc5)c5ccc(-c6cccc7c6c6ccccc6n7-c6ccccc6)cc5)cc4)cccc32)cc1. The Kier molecular flexibility index (Phi) is 9.17. The summed E-state index contributed by atoms with van der Waals surface area (Å²) in [5.74, 6) is 0. The van der Waals surface area contributed by atoms with Crippen LogP contribution in [0.15, 0.2) is 261 Å². The second-order valence-corrected chi connectivity index (χ2v) is 17.3. The highest BCUT2D eigenvalue weighted by molar-refractivity contribution is 6.17. The van der Waals surface area contributed by atoms with Gasteiger partial charge >= 0.3 is 0 Å². The first-order chi connectivity index (χ1) is 33.3. The Morgan fingerprint density at radius 3 is 1.06 bits per heavy atom. The molecule has 0 aliphatic heterocycles. The largest absolute Gasteiger partial charge is 0.311 e. The first-order valence-electron chi connectivity index (χ1n) is 23.0. The van der Waals surface area contributed by atoms with E-state index in [1.165, 1.54) is 87.8 Å². The normalized spacial score (nSPS) is 11.6. The zero-order chi connectivity index (χ0) is 44.3. The average Bonchev–Trinajstić information content (AvgIpc) is 3.93. The van der Waals surface area contributed by atoms with Crippen LogP contribution in [0, 0.1) is 0 Å². The number of anilines is 3. The Bertz CT molecular complexity index is 3730. The maximum Gasteiger partial charge on any atom is 0.0547 e. The zero-order valence-corrected chi connectivity index (χ0v) is 36.7. The van der Waals surface area contributed by atoms with Crippen molar-refractivity contribution in [1.29, 1.82) is 0 Å². The molecule has 0 spiro atoms. The van der Waals surface area contributed by atoms with Crippen molar-refractivity contribution in [2.75, 3.05) is 4.90 Å². The molecule has 0 unspecified atom stereocenters. The first-order valence-corrected chi connectivity index (χ1v) is 23.0. The molecule has 0 radical (unpaired) electrons. The standard InChI is InChI=1S/C64H43N3/c1-3-18-48(19-4-1)66-59-28-11-9-23-57(59)63-55(26-14-30-61(63)66)46-34-40-51(41-35-46)65(50-38-32-45(33-39-50)54-25-13-17-44-16-7-8-22-53(44)54)52-42-36-47(37-43-52)56-27-15-31-62-64(56)58-24-10-12-29-60(58)67(62)49-20-5-2-6-21-49/h1-43H. The molecule has 13 rings (SSSR count). The topological polar surface area (TPSA) is 13.1 Å². The molecule has 0 amide bonds. The summed E-state index contributed by atoms with van der Waals surface area (Å²) in [7, 11) is 0. The lowest BCUT2D eigenvalue weighted by molar-refractivity contribution is 1.18. The maximum absolute atomic E-state index is 2.39. The third kappa shape index (κ3) is 6.43. The molecule has 314 valence electrons. The summed E-state index contributed by atoms with van der Waals surface area (Å²) < 4.78 is 4.77. The van der Waals surface area contributed by atoms with Gasteiger partial charge in [0.1, 0.15) is 0 Å². The fourth-order valence-corrected chi connectivity index (χ4v) is 10.5. The van der Waals surface area contributed by atoms with Gasteiger partial charge in [-0.05, 0) is 129 Å². The van der Waals surface area contributed by atoms with Gasteiger partial charge in [0.2, 0.25) is 0 Å². The van der Waals surface area contributed by atoms with Crippen LogP contribution in [0.1, 0.15) is 0 Å². The molecule has 0 aliphatic carbocycles. The number of aromatic nitrogens is 2. The first kappa shape index (κ1) is 38.5. The van der Waals surface area contributed by atoms with Gasteiger partial charge in [-0.2, -0.15) is 0 Å². The van der Waals surface area contributed by atoms with E-state index in [9.17, 15) is 0 Å². The van der Waals surface area contributed by atoms with E-state index < -0.39 is 0 Å². The smallest absolute Gasteiger partial charge is 0.0547 e. The lowest BCUT2D eigenvalue weighted by Gasteiger charge is -2.26. The molecule has 13 aromatic rings. The van der Waals surface area contributed by atoms with Gasteiger partial charge in [0.05, 0.1) is 22.1 Å². The van der Waals surface area contributed by atoms with E-state index in [4.69, 9.17) is 0 Å². The van der Waals surface area contributed by atoms with E-state index in [-0.39, 0.29) is 0 Å². The van der Waals surface area contributed by atoms with Gasteiger partial charge in [0.15, 0.2) is 0 Å². The van der Waals surface area contributed by atoms with Crippen molar-refractivity contribution in [3.05, 3.63) is 261 Å². The fraction of sp³-hybridized carbons (Fsp3) is 0.